The van der Waals surface area contributed by atoms with Crippen LogP contribution in [0.1, 0.15) is 24.6 Å². The highest BCUT2D eigenvalue weighted by atomic mass is 35.5. The fourth-order valence-electron chi connectivity index (χ4n) is 1.79. The van der Waals surface area contributed by atoms with Crippen LogP contribution in [-0.2, 0) is 0 Å². The number of aromatic nitrogens is 5. The zero-order valence-corrected chi connectivity index (χ0v) is 11.7. The number of halogens is 1. The second kappa shape index (κ2) is 5.05. The molecular weight excluding hydrogens is 278 g/mol. The Bertz CT molecular complexity index is 702. The Morgan fingerprint density at radius 2 is 2.00 bits per heavy atom. The molecule has 0 radical (unpaired) electrons. The summed E-state index contributed by atoms with van der Waals surface area (Å²) in [6, 6.07) is 3.46. The number of nitrogens with zero attached hydrogens (tertiary/aromatic N) is 5. The summed E-state index contributed by atoms with van der Waals surface area (Å²) in [6.07, 6.45) is 5.11. The Kier molecular flexibility index (Phi) is 3.23. The number of pyridine rings is 1. The molecule has 0 fully saturated rings. The van der Waals surface area contributed by atoms with Gasteiger partial charge < -0.3 is 4.42 Å². The van der Waals surface area contributed by atoms with Gasteiger partial charge in [0.1, 0.15) is 6.04 Å². The predicted octanol–water partition coefficient (Wildman–Crippen LogP) is 2.90. The highest BCUT2D eigenvalue weighted by Gasteiger charge is 2.18. The van der Waals surface area contributed by atoms with E-state index in [1.54, 1.807) is 23.3 Å². The first-order chi connectivity index (χ1) is 9.65. The van der Waals surface area contributed by atoms with E-state index in [0.717, 1.165) is 11.3 Å². The number of hydrogen-bond donors (Lipinski definition) is 0. The van der Waals surface area contributed by atoms with Gasteiger partial charge in [0, 0.05) is 24.2 Å². The molecule has 3 aromatic rings. The highest BCUT2D eigenvalue weighted by Crippen LogP contribution is 2.23. The lowest BCUT2D eigenvalue weighted by Crippen LogP contribution is -2.07. The van der Waals surface area contributed by atoms with E-state index in [-0.39, 0.29) is 6.04 Å². The van der Waals surface area contributed by atoms with Crippen LogP contribution in [0.3, 0.4) is 0 Å². The van der Waals surface area contributed by atoms with Crippen molar-refractivity contribution in [3.8, 4) is 11.5 Å². The number of rotatable bonds is 3. The molecule has 0 aliphatic carbocycles. The molecule has 0 saturated carbocycles. The minimum absolute atomic E-state index is 0.177. The first-order valence-electron chi connectivity index (χ1n) is 6.10. The molecule has 3 heterocycles. The lowest BCUT2D eigenvalue weighted by molar-refractivity contribution is 0.415. The zero-order valence-electron chi connectivity index (χ0n) is 11.0. The average Bonchev–Trinajstić information content (AvgIpc) is 3.07. The van der Waals surface area contributed by atoms with Gasteiger partial charge in [0.25, 0.3) is 0 Å². The first-order valence-corrected chi connectivity index (χ1v) is 6.48. The fourth-order valence-corrected chi connectivity index (χ4v) is 1.92. The molecule has 102 valence electrons. The standard InChI is InChI=1S/C13H12ClN5O/c1-8-11(14)7-19(18-8)9(2)12-16-17-13(20-12)10-3-5-15-6-4-10/h3-7,9H,1-2H3. The van der Waals surface area contributed by atoms with Crippen LogP contribution < -0.4 is 0 Å². The molecule has 1 unspecified atom stereocenters. The Labute approximate surface area is 120 Å². The van der Waals surface area contributed by atoms with Crippen molar-refractivity contribution < 1.29 is 4.42 Å². The van der Waals surface area contributed by atoms with Crippen LogP contribution in [0.5, 0.6) is 0 Å². The Morgan fingerprint density at radius 1 is 1.25 bits per heavy atom. The third-order valence-electron chi connectivity index (χ3n) is 2.98. The van der Waals surface area contributed by atoms with E-state index < -0.39 is 0 Å². The molecule has 7 heteroatoms. The monoisotopic (exact) mass is 289 g/mol. The third-order valence-corrected chi connectivity index (χ3v) is 3.35. The van der Waals surface area contributed by atoms with E-state index in [1.165, 1.54) is 0 Å². The second-order valence-corrected chi connectivity index (χ2v) is 4.81. The van der Waals surface area contributed by atoms with Crippen LogP contribution in [0.15, 0.2) is 35.1 Å². The normalized spacial score (nSPS) is 12.6. The van der Waals surface area contributed by atoms with Gasteiger partial charge >= 0.3 is 0 Å². The topological polar surface area (TPSA) is 69.6 Å². The molecule has 3 rings (SSSR count). The SMILES string of the molecule is Cc1nn(C(C)c2nnc(-c3ccncc3)o2)cc1Cl. The van der Waals surface area contributed by atoms with Gasteiger partial charge in [-0.1, -0.05) is 11.6 Å². The molecule has 0 N–H and O–H groups in total. The summed E-state index contributed by atoms with van der Waals surface area (Å²) in [7, 11) is 0. The molecule has 3 aromatic heterocycles. The maximum atomic E-state index is 6.01. The number of hydrogen-bond acceptors (Lipinski definition) is 5. The second-order valence-electron chi connectivity index (χ2n) is 4.40. The van der Waals surface area contributed by atoms with E-state index >= 15 is 0 Å². The average molecular weight is 290 g/mol. The Morgan fingerprint density at radius 3 is 2.65 bits per heavy atom. The van der Waals surface area contributed by atoms with Gasteiger partial charge in [0.05, 0.1) is 10.7 Å². The van der Waals surface area contributed by atoms with Crippen LogP contribution in [0, 0.1) is 6.92 Å². The summed E-state index contributed by atoms with van der Waals surface area (Å²) in [4.78, 5) is 3.95. The minimum atomic E-state index is -0.177. The van der Waals surface area contributed by atoms with Crippen molar-refractivity contribution >= 4 is 11.6 Å². The Balaban J connectivity index is 1.90. The number of aryl methyl sites for hydroxylation is 1. The van der Waals surface area contributed by atoms with E-state index in [9.17, 15) is 0 Å². The summed E-state index contributed by atoms with van der Waals surface area (Å²) >= 11 is 6.01. The highest BCUT2D eigenvalue weighted by molar-refractivity contribution is 6.31. The molecule has 0 aliphatic rings. The van der Waals surface area contributed by atoms with Gasteiger partial charge in [-0.3, -0.25) is 9.67 Å². The molecule has 20 heavy (non-hydrogen) atoms. The van der Waals surface area contributed by atoms with Crippen molar-refractivity contribution in [1.82, 2.24) is 25.0 Å². The summed E-state index contributed by atoms with van der Waals surface area (Å²) in [6.45, 7) is 3.77. The van der Waals surface area contributed by atoms with Crippen molar-refractivity contribution in [3.63, 3.8) is 0 Å². The summed E-state index contributed by atoms with van der Waals surface area (Å²) < 4.78 is 7.39. The fraction of sp³-hybridized carbons (Fsp3) is 0.231. The summed E-state index contributed by atoms with van der Waals surface area (Å²) in [5.41, 5.74) is 1.60. The predicted molar refractivity (Wildman–Crippen MR) is 73.3 cm³/mol. The smallest absolute Gasteiger partial charge is 0.247 e. The molecule has 0 saturated heterocycles. The minimum Gasteiger partial charge on any atom is -0.418 e. The van der Waals surface area contributed by atoms with Gasteiger partial charge in [-0.15, -0.1) is 10.2 Å². The van der Waals surface area contributed by atoms with Gasteiger partial charge in [-0.05, 0) is 26.0 Å². The van der Waals surface area contributed by atoms with Crippen LogP contribution in [-0.4, -0.2) is 25.0 Å². The van der Waals surface area contributed by atoms with E-state index in [0.29, 0.717) is 16.8 Å². The molecule has 6 nitrogen and oxygen atoms in total. The largest absolute Gasteiger partial charge is 0.418 e. The van der Waals surface area contributed by atoms with E-state index in [1.807, 2.05) is 26.0 Å². The summed E-state index contributed by atoms with van der Waals surface area (Å²) in [5, 5.41) is 13.0. The maximum Gasteiger partial charge on any atom is 0.247 e. The first kappa shape index (κ1) is 12.8. The van der Waals surface area contributed by atoms with Crippen molar-refractivity contribution in [2.45, 2.75) is 19.9 Å². The van der Waals surface area contributed by atoms with Crippen LogP contribution in [0.2, 0.25) is 5.02 Å². The third kappa shape index (κ3) is 2.30. The lowest BCUT2D eigenvalue weighted by atomic mass is 10.3. The van der Waals surface area contributed by atoms with E-state index in [2.05, 4.69) is 20.3 Å². The van der Waals surface area contributed by atoms with Crippen molar-refractivity contribution in [3.05, 3.63) is 47.3 Å². The molecule has 0 aromatic carbocycles. The van der Waals surface area contributed by atoms with Gasteiger partial charge in [-0.25, -0.2) is 0 Å². The maximum absolute atomic E-state index is 6.01. The van der Waals surface area contributed by atoms with Crippen molar-refractivity contribution in [2.75, 3.05) is 0 Å². The van der Waals surface area contributed by atoms with Crippen LogP contribution in [0.4, 0.5) is 0 Å². The Hall–Kier alpha value is -2.21. The van der Waals surface area contributed by atoms with Crippen LogP contribution >= 0.6 is 11.6 Å². The quantitative estimate of drug-likeness (QED) is 0.741. The molecule has 0 amide bonds. The van der Waals surface area contributed by atoms with Crippen molar-refractivity contribution in [2.24, 2.45) is 0 Å². The molecule has 0 aliphatic heterocycles. The zero-order chi connectivity index (χ0) is 14.1. The molecular formula is C13H12ClN5O. The van der Waals surface area contributed by atoms with E-state index in [4.69, 9.17) is 16.0 Å². The van der Waals surface area contributed by atoms with Crippen LogP contribution in [0.25, 0.3) is 11.5 Å². The molecule has 0 spiro atoms. The lowest BCUT2D eigenvalue weighted by Gasteiger charge is -2.06. The van der Waals surface area contributed by atoms with Crippen molar-refractivity contribution in [1.29, 1.82) is 0 Å². The van der Waals surface area contributed by atoms with Gasteiger partial charge in [0.15, 0.2) is 0 Å². The summed E-state index contributed by atoms with van der Waals surface area (Å²) in [5.74, 6) is 0.945. The molecule has 1 atom stereocenters. The van der Waals surface area contributed by atoms with Gasteiger partial charge in [-0.2, -0.15) is 5.10 Å². The molecule has 0 bridgehead atoms. The van der Waals surface area contributed by atoms with Gasteiger partial charge in [0.2, 0.25) is 11.8 Å².